The normalized spacial score (nSPS) is 11.2. The van der Waals surface area contributed by atoms with E-state index in [1.165, 1.54) is 6.92 Å². The number of benzene rings is 3. The Morgan fingerprint density at radius 3 is 2.26 bits per heavy atom. The molecule has 2 heterocycles. The molecule has 0 amide bonds. The Kier molecular flexibility index (Phi) is 8.79. The molecule has 0 spiro atoms. The Morgan fingerprint density at radius 2 is 1.59 bits per heavy atom. The van der Waals surface area contributed by atoms with Gasteiger partial charge in [0.2, 0.25) is 5.82 Å². The fourth-order valence-electron chi connectivity index (χ4n) is 4.36. The maximum Gasteiger partial charge on any atom is 0.433 e. The monoisotopic (exact) mass is 538 g/mol. The van der Waals surface area contributed by atoms with Crippen molar-refractivity contribution in [1.82, 2.24) is 30.6 Å². The van der Waals surface area contributed by atoms with Gasteiger partial charge in [0.15, 0.2) is 5.69 Å². The van der Waals surface area contributed by atoms with Crippen molar-refractivity contribution in [3.63, 3.8) is 0 Å². The fourth-order valence-corrected chi connectivity index (χ4v) is 4.36. The molecule has 0 atom stereocenters. The van der Waals surface area contributed by atoms with E-state index in [9.17, 15) is 13.2 Å². The molecule has 0 aliphatic heterocycles. The summed E-state index contributed by atoms with van der Waals surface area (Å²) in [6, 6.07) is 22.9. The fraction of sp³-hybridized carbons (Fsp3) is 0.179. The molecule has 7 nitrogen and oxygen atoms in total. The van der Waals surface area contributed by atoms with E-state index in [2.05, 4.69) is 35.9 Å². The van der Waals surface area contributed by atoms with E-state index in [0.29, 0.717) is 12.4 Å². The van der Waals surface area contributed by atoms with Gasteiger partial charge in [-0.25, -0.2) is 9.97 Å². The van der Waals surface area contributed by atoms with Crippen LogP contribution in [-0.2, 0) is 19.1 Å². The number of hydrogen-bond donors (Lipinski definition) is 2. The van der Waals surface area contributed by atoms with Crippen LogP contribution in [0.4, 0.5) is 19.0 Å². The van der Waals surface area contributed by atoms with Gasteiger partial charge in [-0.15, -0.1) is 10.2 Å². The molecule has 2 aromatic heterocycles. The minimum absolute atomic E-state index is 0. The molecule has 11 heteroatoms. The van der Waals surface area contributed by atoms with Crippen molar-refractivity contribution in [2.45, 2.75) is 33.0 Å². The number of alkyl halides is 3. The molecule has 0 fully saturated rings. The zero-order valence-electron chi connectivity index (χ0n) is 21.7. The SMILES string of the molecule is Cc1cccc(Cc2c(NCc3ccc(-c4ccccc4-c4nn[nH]n4)cc3)nc(C)nc2C(F)(F)F)c1.[Na]. The van der Waals surface area contributed by atoms with E-state index < -0.39 is 11.9 Å². The van der Waals surface area contributed by atoms with E-state index in [1.54, 1.807) is 0 Å². The number of nitrogens with one attached hydrogen (secondary N) is 2. The molecule has 3 aromatic carbocycles. The third kappa shape index (κ3) is 6.70. The van der Waals surface area contributed by atoms with Gasteiger partial charge in [0, 0.05) is 53.6 Å². The minimum Gasteiger partial charge on any atom is -0.366 e. The van der Waals surface area contributed by atoms with E-state index in [-0.39, 0.29) is 53.2 Å². The second-order valence-electron chi connectivity index (χ2n) is 8.94. The predicted molar refractivity (Wildman–Crippen MR) is 144 cm³/mol. The summed E-state index contributed by atoms with van der Waals surface area (Å²) in [6.07, 6.45) is -4.54. The molecule has 0 aliphatic carbocycles. The summed E-state index contributed by atoms with van der Waals surface area (Å²) < 4.78 is 41.9. The van der Waals surface area contributed by atoms with Crippen LogP contribution in [0.15, 0.2) is 72.8 Å². The molecular formula is C28H24F3N7Na. The van der Waals surface area contributed by atoms with E-state index in [4.69, 9.17) is 0 Å². The quantitative estimate of drug-likeness (QED) is 0.255. The maximum absolute atomic E-state index is 14.0. The largest absolute Gasteiger partial charge is 0.433 e. The summed E-state index contributed by atoms with van der Waals surface area (Å²) in [4.78, 5) is 8.10. The van der Waals surface area contributed by atoms with Crippen LogP contribution in [0.2, 0.25) is 0 Å². The summed E-state index contributed by atoms with van der Waals surface area (Å²) >= 11 is 0. The van der Waals surface area contributed by atoms with Crippen LogP contribution in [0, 0.1) is 13.8 Å². The predicted octanol–water partition coefficient (Wildman–Crippen LogP) is 5.78. The van der Waals surface area contributed by atoms with Crippen molar-refractivity contribution in [2.75, 3.05) is 5.32 Å². The molecule has 0 saturated heterocycles. The van der Waals surface area contributed by atoms with Crippen LogP contribution in [0.3, 0.4) is 0 Å². The van der Waals surface area contributed by atoms with Gasteiger partial charge >= 0.3 is 6.18 Å². The Balaban J connectivity index is 0.00000353. The number of aryl methyl sites for hydroxylation is 2. The first-order chi connectivity index (χ1) is 18.3. The Hall–Kier alpha value is -3.60. The van der Waals surface area contributed by atoms with Crippen molar-refractivity contribution in [3.05, 3.63) is 107 Å². The zero-order valence-corrected chi connectivity index (χ0v) is 23.7. The summed E-state index contributed by atoms with van der Waals surface area (Å²) in [7, 11) is 0. The van der Waals surface area contributed by atoms with Crippen molar-refractivity contribution in [2.24, 2.45) is 0 Å². The second kappa shape index (κ2) is 12.1. The number of aromatic amines is 1. The molecule has 193 valence electrons. The van der Waals surface area contributed by atoms with Gasteiger partial charge in [-0.05, 0) is 41.3 Å². The van der Waals surface area contributed by atoms with Gasteiger partial charge in [-0.2, -0.15) is 18.4 Å². The summed E-state index contributed by atoms with van der Waals surface area (Å²) in [6.45, 7) is 3.66. The van der Waals surface area contributed by atoms with Gasteiger partial charge < -0.3 is 5.32 Å². The molecule has 0 aliphatic rings. The number of hydrogen-bond acceptors (Lipinski definition) is 6. The summed E-state index contributed by atoms with van der Waals surface area (Å²) in [5.74, 6) is 0.728. The first-order valence-electron chi connectivity index (χ1n) is 11.9. The smallest absolute Gasteiger partial charge is 0.366 e. The van der Waals surface area contributed by atoms with E-state index in [1.807, 2.05) is 79.7 Å². The third-order valence-corrected chi connectivity index (χ3v) is 6.09. The molecule has 0 saturated carbocycles. The molecule has 0 bridgehead atoms. The third-order valence-electron chi connectivity index (χ3n) is 6.09. The summed E-state index contributed by atoms with van der Waals surface area (Å²) in [5.41, 5.74) is 4.46. The Morgan fingerprint density at radius 1 is 0.846 bits per heavy atom. The zero-order chi connectivity index (χ0) is 26.7. The van der Waals surface area contributed by atoms with Crippen molar-refractivity contribution in [3.8, 4) is 22.5 Å². The Labute approximate surface area is 245 Å². The first-order valence-corrected chi connectivity index (χ1v) is 11.9. The molecule has 2 N–H and O–H groups in total. The van der Waals surface area contributed by atoms with Gasteiger partial charge in [-0.3, -0.25) is 0 Å². The number of aromatic nitrogens is 6. The van der Waals surface area contributed by atoms with Gasteiger partial charge in [0.1, 0.15) is 11.6 Å². The molecular weight excluding hydrogens is 514 g/mol. The summed E-state index contributed by atoms with van der Waals surface area (Å²) in [5, 5.41) is 17.4. The van der Waals surface area contributed by atoms with Crippen molar-refractivity contribution in [1.29, 1.82) is 0 Å². The van der Waals surface area contributed by atoms with E-state index in [0.717, 1.165) is 33.4 Å². The molecule has 5 rings (SSSR count). The van der Waals surface area contributed by atoms with Crippen LogP contribution in [0.25, 0.3) is 22.5 Å². The number of tetrazole rings is 1. The topological polar surface area (TPSA) is 92.3 Å². The Bertz CT molecular complexity index is 1550. The second-order valence-corrected chi connectivity index (χ2v) is 8.94. The standard InChI is InChI=1S/C28H24F3N7.Na/c1-17-6-5-7-20(14-17)15-24-25(28(29,30)31)33-18(2)34-26(24)32-16-19-10-12-21(13-11-19)22-8-3-4-9-23(22)27-35-37-38-36-27;/h3-14H,15-16H2,1-2H3,(H,32,33,34)(H,35,36,37,38);. The first kappa shape index (κ1) is 28.4. The van der Waals surface area contributed by atoms with Crippen LogP contribution in [-0.4, -0.2) is 60.1 Å². The number of rotatable bonds is 7. The average Bonchev–Trinajstić information content (AvgIpc) is 3.43. The molecule has 1 radical (unpaired) electrons. The molecule has 39 heavy (non-hydrogen) atoms. The number of halogens is 3. The van der Waals surface area contributed by atoms with Crippen LogP contribution in [0.1, 0.15) is 33.8 Å². The van der Waals surface area contributed by atoms with Gasteiger partial charge in [0.05, 0.1) is 0 Å². The van der Waals surface area contributed by atoms with Crippen LogP contribution in [0.5, 0.6) is 0 Å². The van der Waals surface area contributed by atoms with Gasteiger partial charge in [0.25, 0.3) is 0 Å². The number of H-pyrrole nitrogens is 1. The van der Waals surface area contributed by atoms with E-state index >= 15 is 0 Å². The van der Waals surface area contributed by atoms with Crippen LogP contribution >= 0.6 is 0 Å². The van der Waals surface area contributed by atoms with Gasteiger partial charge in [-0.1, -0.05) is 78.4 Å². The molecule has 0 unspecified atom stereocenters. The van der Waals surface area contributed by atoms with Crippen LogP contribution < -0.4 is 5.32 Å². The minimum atomic E-state index is -4.60. The average molecular weight is 539 g/mol. The molecule has 5 aromatic rings. The van der Waals surface area contributed by atoms with Crippen molar-refractivity contribution < 1.29 is 13.2 Å². The maximum atomic E-state index is 14.0. The number of nitrogens with zero attached hydrogens (tertiary/aromatic N) is 5. The number of anilines is 1. The van der Waals surface area contributed by atoms with Crippen molar-refractivity contribution >= 4 is 35.4 Å².